The lowest BCUT2D eigenvalue weighted by atomic mass is 10.1. The van der Waals surface area contributed by atoms with Gasteiger partial charge in [-0.25, -0.2) is 0 Å². The molecule has 0 saturated carbocycles. The molecule has 0 bridgehead atoms. The van der Waals surface area contributed by atoms with E-state index in [0.717, 1.165) is 0 Å². The van der Waals surface area contributed by atoms with Crippen molar-refractivity contribution in [1.82, 2.24) is 0 Å². The minimum atomic E-state index is -0.931. The van der Waals surface area contributed by atoms with Crippen LogP contribution >= 0.6 is 0 Å². The second-order valence-corrected chi connectivity index (χ2v) is 2.11. The molecule has 0 aliphatic carbocycles. The molecule has 0 rings (SSSR count). The maximum absolute atomic E-state index is 10.0. The van der Waals surface area contributed by atoms with Crippen LogP contribution < -0.4 is 5.73 Å². The standard InChI is InChI=1S/C5H11NO2.FH/c1-3(2)4(6)5(7)8;/h3-4H,6H2,1-2H3,(H,7,8);1H/t4-;/m0./s1. The Labute approximate surface area is 53.2 Å². The topological polar surface area (TPSA) is 63.3 Å². The molecule has 0 unspecified atom stereocenters. The number of nitrogens with two attached hydrogens (primary N) is 1. The Morgan fingerprint density at radius 3 is 1.89 bits per heavy atom. The van der Waals surface area contributed by atoms with Crippen LogP contribution in [0.4, 0.5) is 4.70 Å². The van der Waals surface area contributed by atoms with E-state index < -0.39 is 12.0 Å². The van der Waals surface area contributed by atoms with Gasteiger partial charge in [-0.15, -0.1) is 0 Å². The maximum atomic E-state index is 10.0. The Kier molecular flexibility index (Phi) is 5.30. The summed E-state index contributed by atoms with van der Waals surface area (Å²) < 4.78 is 0. The molecule has 9 heavy (non-hydrogen) atoms. The van der Waals surface area contributed by atoms with E-state index in [1.165, 1.54) is 0 Å². The van der Waals surface area contributed by atoms with Crippen LogP contribution in [-0.4, -0.2) is 17.1 Å². The highest BCUT2D eigenvalue weighted by Crippen LogP contribution is 1.96. The molecule has 0 amide bonds. The van der Waals surface area contributed by atoms with Crippen molar-refractivity contribution >= 4 is 5.97 Å². The molecular formula is C5H12FNO2. The van der Waals surface area contributed by atoms with Crippen LogP contribution in [0, 0.1) is 5.92 Å². The molecule has 0 heterocycles. The fourth-order valence-electron chi connectivity index (χ4n) is 0.285. The lowest BCUT2D eigenvalue weighted by molar-refractivity contribution is -0.139. The van der Waals surface area contributed by atoms with E-state index in [9.17, 15) is 4.79 Å². The number of rotatable bonds is 2. The fraction of sp³-hybridized carbons (Fsp3) is 0.800. The van der Waals surface area contributed by atoms with E-state index in [0.29, 0.717) is 0 Å². The summed E-state index contributed by atoms with van der Waals surface area (Å²) in [7, 11) is 0. The molecule has 0 aliphatic rings. The summed E-state index contributed by atoms with van der Waals surface area (Å²) in [6.07, 6.45) is 0. The molecule has 0 saturated heterocycles. The molecule has 0 fully saturated rings. The molecule has 56 valence electrons. The van der Waals surface area contributed by atoms with Gasteiger partial charge in [0, 0.05) is 0 Å². The van der Waals surface area contributed by atoms with Crippen LogP contribution in [0.3, 0.4) is 0 Å². The van der Waals surface area contributed by atoms with Gasteiger partial charge < -0.3 is 10.8 Å². The van der Waals surface area contributed by atoms with Crippen LogP contribution in [-0.2, 0) is 4.79 Å². The minimum Gasteiger partial charge on any atom is -0.480 e. The van der Waals surface area contributed by atoms with Gasteiger partial charge in [-0.05, 0) is 5.92 Å². The van der Waals surface area contributed by atoms with Crippen molar-refractivity contribution in [1.29, 1.82) is 0 Å². The number of halogens is 1. The maximum Gasteiger partial charge on any atom is 0.320 e. The van der Waals surface area contributed by atoms with Crippen molar-refractivity contribution in [2.75, 3.05) is 0 Å². The average Bonchev–Trinajstić information content (AvgIpc) is 1.64. The Balaban J connectivity index is 0. The first-order valence-electron chi connectivity index (χ1n) is 2.54. The number of carboxylic acid groups (broad SMARTS) is 1. The zero-order valence-electron chi connectivity index (χ0n) is 5.50. The van der Waals surface area contributed by atoms with Crippen molar-refractivity contribution in [3.63, 3.8) is 0 Å². The van der Waals surface area contributed by atoms with Gasteiger partial charge in [0.05, 0.1) is 0 Å². The number of hydrogen-bond donors (Lipinski definition) is 2. The van der Waals surface area contributed by atoms with Crippen LogP contribution in [0.1, 0.15) is 13.8 Å². The first-order valence-corrected chi connectivity index (χ1v) is 2.54. The number of aliphatic carboxylic acids is 1. The van der Waals surface area contributed by atoms with Gasteiger partial charge in [0.1, 0.15) is 6.04 Å². The Bertz CT molecular complexity index is 95.0. The predicted molar refractivity (Wildman–Crippen MR) is 33.0 cm³/mol. The van der Waals surface area contributed by atoms with Crippen LogP contribution in [0.2, 0.25) is 0 Å². The minimum absolute atomic E-state index is 0. The third-order valence-corrected chi connectivity index (χ3v) is 1.00. The van der Waals surface area contributed by atoms with E-state index >= 15 is 0 Å². The molecule has 3 N–H and O–H groups in total. The van der Waals surface area contributed by atoms with Crippen molar-refractivity contribution in [3.8, 4) is 0 Å². The predicted octanol–water partition coefficient (Wildman–Crippen LogP) is 0.207. The second-order valence-electron chi connectivity index (χ2n) is 2.11. The summed E-state index contributed by atoms with van der Waals surface area (Å²) >= 11 is 0. The zero-order chi connectivity index (χ0) is 6.73. The van der Waals surface area contributed by atoms with Gasteiger partial charge in [0.15, 0.2) is 0 Å². The van der Waals surface area contributed by atoms with Gasteiger partial charge in [0.25, 0.3) is 0 Å². The monoisotopic (exact) mass is 137 g/mol. The number of hydrogen-bond acceptors (Lipinski definition) is 2. The van der Waals surface area contributed by atoms with Crippen molar-refractivity contribution in [3.05, 3.63) is 0 Å². The van der Waals surface area contributed by atoms with Crippen molar-refractivity contribution in [2.45, 2.75) is 19.9 Å². The normalized spacial score (nSPS) is 12.4. The molecule has 0 aliphatic heterocycles. The Morgan fingerprint density at radius 1 is 1.56 bits per heavy atom. The van der Waals surface area contributed by atoms with E-state index in [1.54, 1.807) is 13.8 Å². The van der Waals surface area contributed by atoms with Crippen LogP contribution in [0.5, 0.6) is 0 Å². The molecular weight excluding hydrogens is 125 g/mol. The number of carboxylic acids is 1. The Hall–Kier alpha value is -0.640. The first-order chi connectivity index (χ1) is 3.55. The largest absolute Gasteiger partial charge is 0.480 e. The van der Waals surface area contributed by atoms with E-state index in [1.807, 2.05) is 0 Å². The molecule has 0 aromatic heterocycles. The molecule has 0 aromatic rings. The summed E-state index contributed by atoms with van der Waals surface area (Å²) in [5.41, 5.74) is 5.16. The zero-order valence-corrected chi connectivity index (χ0v) is 5.50. The molecule has 1 atom stereocenters. The van der Waals surface area contributed by atoms with E-state index in [2.05, 4.69) is 0 Å². The van der Waals surface area contributed by atoms with Gasteiger partial charge in [-0.3, -0.25) is 9.50 Å². The molecule has 4 heteroatoms. The number of carbonyl (C=O) groups is 1. The molecule has 3 nitrogen and oxygen atoms in total. The summed E-state index contributed by atoms with van der Waals surface area (Å²) in [6.45, 7) is 3.55. The second kappa shape index (κ2) is 4.26. The average molecular weight is 137 g/mol. The van der Waals surface area contributed by atoms with Gasteiger partial charge in [-0.2, -0.15) is 0 Å². The first kappa shape index (κ1) is 11.2. The summed E-state index contributed by atoms with van der Waals surface area (Å²) in [4.78, 5) is 10.0. The van der Waals surface area contributed by atoms with Gasteiger partial charge >= 0.3 is 5.97 Å². The van der Waals surface area contributed by atoms with Crippen LogP contribution in [0.25, 0.3) is 0 Å². The van der Waals surface area contributed by atoms with Gasteiger partial charge in [-0.1, -0.05) is 13.8 Å². The summed E-state index contributed by atoms with van der Waals surface area (Å²) in [5.74, 6) is -0.910. The highest BCUT2D eigenvalue weighted by Gasteiger charge is 2.14. The molecule has 0 spiro atoms. The smallest absolute Gasteiger partial charge is 0.320 e. The third-order valence-electron chi connectivity index (χ3n) is 1.00. The molecule has 0 aromatic carbocycles. The van der Waals surface area contributed by atoms with Crippen molar-refractivity contribution in [2.24, 2.45) is 11.7 Å². The van der Waals surface area contributed by atoms with Crippen LogP contribution in [0.15, 0.2) is 0 Å². The fourth-order valence-corrected chi connectivity index (χ4v) is 0.285. The van der Waals surface area contributed by atoms with Crippen molar-refractivity contribution < 1.29 is 14.6 Å². The highest BCUT2D eigenvalue weighted by atomic mass is 19.0. The lowest BCUT2D eigenvalue weighted by Crippen LogP contribution is -2.34. The van der Waals surface area contributed by atoms with E-state index in [4.69, 9.17) is 10.8 Å². The SMILES string of the molecule is CC(C)[C@H](N)C(=O)O.F. The lowest BCUT2D eigenvalue weighted by Gasteiger charge is -2.07. The summed E-state index contributed by atoms with van der Waals surface area (Å²) in [5, 5.41) is 8.23. The molecule has 0 radical (unpaired) electrons. The Morgan fingerprint density at radius 2 is 1.89 bits per heavy atom. The third kappa shape index (κ3) is 3.90. The highest BCUT2D eigenvalue weighted by molar-refractivity contribution is 5.73. The van der Waals surface area contributed by atoms with Gasteiger partial charge in [0.2, 0.25) is 0 Å². The quantitative estimate of drug-likeness (QED) is 0.571. The van der Waals surface area contributed by atoms with E-state index in [-0.39, 0.29) is 10.6 Å². The summed E-state index contributed by atoms with van der Waals surface area (Å²) in [6, 6.07) is -0.713.